The maximum atomic E-state index is 13.4. The van der Waals surface area contributed by atoms with E-state index >= 15 is 0 Å². The molecule has 0 unspecified atom stereocenters. The Morgan fingerprint density at radius 2 is 2.00 bits per heavy atom. The second-order valence-electron chi connectivity index (χ2n) is 5.89. The Morgan fingerprint density at radius 1 is 1.17 bits per heavy atom. The van der Waals surface area contributed by atoms with Crippen LogP contribution in [0.3, 0.4) is 0 Å². The van der Waals surface area contributed by atoms with Gasteiger partial charge in [-0.3, -0.25) is 0 Å². The van der Waals surface area contributed by atoms with Gasteiger partial charge in [-0.1, -0.05) is 5.16 Å². The number of nitrogens with one attached hydrogen (secondary N) is 1. The lowest BCUT2D eigenvalue weighted by Gasteiger charge is -2.14. The van der Waals surface area contributed by atoms with Crippen LogP contribution in [-0.2, 0) is 13.0 Å². The molecule has 0 saturated heterocycles. The van der Waals surface area contributed by atoms with Crippen molar-refractivity contribution in [2.24, 2.45) is 0 Å². The molecule has 7 nitrogen and oxygen atoms in total. The van der Waals surface area contributed by atoms with Crippen molar-refractivity contribution in [2.45, 2.75) is 46.1 Å². The smallest absolute Gasteiger partial charge is 0.282 e. The molecular weight excluding hydrogens is 318 g/mol. The molecule has 3 aromatic rings. The van der Waals surface area contributed by atoms with Crippen LogP contribution in [0.4, 0.5) is 8.78 Å². The predicted molar refractivity (Wildman–Crippen MR) is 80.5 cm³/mol. The predicted octanol–water partition coefficient (Wildman–Crippen LogP) is 3.21. The first-order valence-electron chi connectivity index (χ1n) is 7.79. The minimum Gasteiger partial charge on any atom is -0.339 e. The monoisotopic (exact) mass is 334 g/mol. The Balaban J connectivity index is 1.81. The van der Waals surface area contributed by atoms with Crippen LogP contribution in [-0.4, -0.2) is 29.7 Å². The highest BCUT2D eigenvalue weighted by Gasteiger charge is 2.29. The molecule has 0 atom stereocenters. The standard InChI is InChI=1S/C15H16F2N6O/c1-7-8(2)19-13(18-7)14-21-15(24-22-14)11-10(12(16)17)20-9-5-3-4-6-23(9)11/h12H,3-6H2,1-2H3,(H,18,19). The number of aromatic amines is 1. The van der Waals surface area contributed by atoms with E-state index < -0.39 is 6.43 Å². The lowest BCUT2D eigenvalue weighted by molar-refractivity contribution is 0.147. The molecule has 0 bridgehead atoms. The second kappa shape index (κ2) is 5.50. The van der Waals surface area contributed by atoms with Crippen LogP contribution in [0, 0.1) is 13.8 Å². The van der Waals surface area contributed by atoms with Crippen molar-refractivity contribution in [3.8, 4) is 23.2 Å². The third-order valence-electron chi connectivity index (χ3n) is 4.28. The lowest BCUT2D eigenvalue weighted by Crippen LogP contribution is -2.11. The summed E-state index contributed by atoms with van der Waals surface area (Å²) < 4.78 is 33.8. The Labute approximate surface area is 136 Å². The van der Waals surface area contributed by atoms with Crippen molar-refractivity contribution in [2.75, 3.05) is 0 Å². The number of nitrogens with zero attached hydrogens (tertiary/aromatic N) is 5. The highest BCUT2D eigenvalue weighted by molar-refractivity contribution is 5.57. The normalized spacial score (nSPS) is 14.4. The number of aromatic nitrogens is 6. The molecule has 0 spiro atoms. The zero-order chi connectivity index (χ0) is 16.8. The molecular formula is C15H16F2N6O. The van der Waals surface area contributed by atoms with E-state index in [4.69, 9.17) is 4.52 Å². The van der Waals surface area contributed by atoms with Gasteiger partial charge in [-0.2, -0.15) is 4.98 Å². The van der Waals surface area contributed by atoms with Crippen LogP contribution >= 0.6 is 0 Å². The van der Waals surface area contributed by atoms with Crippen molar-refractivity contribution in [1.29, 1.82) is 0 Å². The summed E-state index contributed by atoms with van der Waals surface area (Å²) in [4.78, 5) is 15.7. The number of rotatable bonds is 3. The first-order valence-corrected chi connectivity index (χ1v) is 7.79. The van der Waals surface area contributed by atoms with Gasteiger partial charge in [-0.25, -0.2) is 18.7 Å². The van der Waals surface area contributed by atoms with E-state index in [1.165, 1.54) is 0 Å². The van der Waals surface area contributed by atoms with E-state index in [-0.39, 0.29) is 23.1 Å². The Kier molecular flexibility index (Phi) is 3.43. The van der Waals surface area contributed by atoms with Gasteiger partial charge in [-0.05, 0) is 26.7 Å². The summed E-state index contributed by atoms with van der Waals surface area (Å²) in [6.45, 7) is 4.37. The molecule has 3 aromatic heterocycles. The maximum Gasteiger partial charge on any atom is 0.282 e. The van der Waals surface area contributed by atoms with Gasteiger partial charge in [0.2, 0.25) is 5.82 Å². The fraction of sp³-hybridized carbons (Fsp3) is 0.467. The number of alkyl halides is 2. The highest BCUT2D eigenvalue weighted by Crippen LogP contribution is 2.34. The quantitative estimate of drug-likeness (QED) is 0.795. The van der Waals surface area contributed by atoms with Gasteiger partial charge in [0.05, 0.1) is 5.69 Å². The number of hydrogen-bond donors (Lipinski definition) is 1. The number of fused-ring (bicyclic) bond motifs is 1. The second-order valence-corrected chi connectivity index (χ2v) is 5.89. The van der Waals surface area contributed by atoms with Gasteiger partial charge < -0.3 is 14.1 Å². The van der Waals surface area contributed by atoms with Crippen LogP contribution in [0.25, 0.3) is 23.2 Å². The van der Waals surface area contributed by atoms with Crippen LogP contribution in [0.2, 0.25) is 0 Å². The molecule has 1 aliphatic heterocycles. The summed E-state index contributed by atoms with van der Waals surface area (Å²) in [5.74, 6) is 1.40. The molecule has 0 aromatic carbocycles. The summed E-state index contributed by atoms with van der Waals surface area (Å²) in [5, 5.41) is 3.88. The first-order chi connectivity index (χ1) is 11.5. The fourth-order valence-corrected chi connectivity index (χ4v) is 2.95. The minimum atomic E-state index is -2.69. The van der Waals surface area contributed by atoms with E-state index in [0.717, 1.165) is 24.2 Å². The van der Waals surface area contributed by atoms with Gasteiger partial charge >= 0.3 is 0 Å². The van der Waals surface area contributed by atoms with E-state index in [2.05, 4.69) is 25.1 Å². The van der Waals surface area contributed by atoms with Crippen LogP contribution in [0.5, 0.6) is 0 Å². The third kappa shape index (κ3) is 2.31. The zero-order valence-corrected chi connectivity index (χ0v) is 13.3. The average molecular weight is 334 g/mol. The van der Waals surface area contributed by atoms with E-state index in [0.29, 0.717) is 24.6 Å². The van der Waals surface area contributed by atoms with Crippen LogP contribution < -0.4 is 0 Å². The Bertz CT molecular complexity index is 875. The molecule has 0 radical (unpaired) electrons. The van der Waals surface area contributed by atoms with Gasteiger partial charge in [0.25, 0.3) is 12.3 Å². The molecule has 126 valence electrons. The summed E-state index contributed by atoms with van der Waals surface area (Å²) in [7, 11) is 0. The number of imidazole rings is 2. The van der Waals surface area contributed by atoms with Gasteiger partial charge in [0, 0.05) is 18.7 Å². The third-order valence-corrected chi connectivity index (χ3v) is 4.28. The summed E-state index contributed by atoms with van der Waals surface area (Å²) >= 11 is 0. The largest absolute Gasteiger partial charge is 0.339 e. The first kappa shape index (κ1) is 15.0. The Morgan fingerprint density at radius 3 is 2.71 bits per heavy atom. The maximum absolute atomic E-state index is 13.4. The van der Waals surface area contributed by atoms with Crippen molar-refractivity contribution in [3.05, 3.63) is 22.9 Å². The van der Waals surface area contributed by atoms with E-state index in [9.17, 15) is 8.78 Å². The molecule has 24 heavy (non-hydrogen) atoms. The average Bonchev–Trinajstić information content (AvgIpc) is 3.24. The molecule has 4 rings (SSSR count). The molecule has 0 fully saturated rings. The molecule has 1 aliphatic rings. The van der Waals surface area contributed by atoms with E-state index in [1.54, 1.807) is 4.57 Å². The topological polar surface area (TPSA) is 85.4 Å². The van der Waals surface area contributed by atoms with Crippen molar-refractivity contribution >= 4 is 0 Å². The van der Waals surface area contributed by atoms with Crippen molar-refractivity contribution in [1.82, 2.24) is 29.7 Å². The number of aryl methyl sites for hydroxylation is 3. The van der Waals surface area contributed by atoms with Gasteiger partial charge in [-0.15, -0.1) is 0 Å². The summed E-state index contributed by atoms with van der Waals surface area (Å²) in [6.07, 6.45) is -0.158. The Hall–Kier alpha value is -2.58. The van der Waals surface area contributed by atoms with Gasteiger partial charge in [0.1, 0.15) is 17.2 Å². The summed E-state index contributed by atoms with van der Waals surface area (Å²) in [6, 6.07) is 0. The molecule has 1 N–H and O–H groups in total. The van der Waals surface area contributed by atoms with Gasteiger partial charge in [0.15, 0.2) is 5.82 Å². The molecule has 9 heteroatoms. The fourth-order valence-electron chi connectivity index (χ4n) is 2.95. The number of H-pyrrole nitrogens is 1. The molecule has 0 amide bonds. The van der Waals surface area contributed by atoms with Crippen molar-refractivity contribution < 1.29 is 13.3 Å². The van der Waals surface area contributed by atoms with Crippen LogP contribution in [0.15, 0.2) is 4.52 Å². The van der Waals surface area contributed by atoms with Crippen LogP contribution in [0.1, 0.15) is 42.2 Å². The zero-order valence-electron chi connectivity index (χ0n) is 13.3. The number of halogens is 2. The SMILES string of the molecule is Cc1nc(-c2noc(-c3c(C(F)F)nc4n3CCCC4)n2)[nH]c1C. The molecule has 0 saturated carbocycles. The molecule has 0 aliphatic carbocycles. The highest BCUT2D eigenvalue weighted by atomic mass is 19.3. The minimum absolute atomic E-state index is 0.0488. The number of hydrogen-bond acceptors (Lipinski definition) is 5. The van der Waals surface area contributed by atoms with Crippen molar-refractivity contribution in [3.63, 3.8) is 0 Å². The summed E-state index contributed by atoms with van der Waals surface area (Å²) in [5.41, 5.74) is 1.64. The molecule has 4 heterocycles. The van der Waals surface area contributed by atoms with E-state index in [1.807, 2.05) is 13.8 Å². The lowest BCUT2D eigenvalue weighted by atomic mass is 10.1.